The Hall–Kier alpha value is -2.82. The Morgan fingerprint density at radius 1 is 0.969 bits per heavy atom. The van der Waals surface area contributed by atoms with Gasteiger partial charge in [-0.05, 0) is 61.2 Å². The van der Waals surface area contributed by atoms with Crippen molar-refractivity contribution in [3.8, 4) is 5.75 Å². The number of carbonyl (C=O) groups is 1. The SMILES string of the molecule is CCCCCCCCC1=CCC(c2cc(F)c(C(=O)Oc3ccc(F)cc3)c(F)c2)C=C1. The molecule has 5 heteroatoms. The Morgan fingerprint density at radius 2 is 1.62 bits per heavy atom. The van der Waals surface area contributed by atoms with Gasteiger partial charge in [-0.25, -0.2) is 18.0 Å². The molecule has 0 fully saturated rings. The van der Waals surface area contributed by atoms with Gasteiger partial charge in [0.2, 0.25) is 0 Å². The maximum absolute atomic E-state index is 14.6. The van der Waals surface area contributed by atoms with Crippen molar-refractivity contribution in [3.05, 3.63) is 88.8 Å². The largest absolute Gasteiger partial charge is 0.423 e. The van der Waals surface area contributed by atoms with Gasteiger partial charge in [0, 0.05) is 5.92 Å². The summed E-state index contributed by atoms with van der Waals surface area (Å²) in [6.45, 7) is 2.21. The highest BCUT2D eigenvalue weighted by Gasteiger charge is 2.23. The minimum atomic E-state index is -1.15. The highest BCUT2D eigenvalue weighted by atomic mass is 19.1. The van der Waals surface area contributed by atoms with Crippen LogP contribution in [-0.2, 0) is 0 Å². The number of esters is 1. The Bertz CT molecular complexity index is 954. The fourth-order valence-corrected chi connectivity index (χ4v) is 3.87. The van der Waals surface area contributed by atoms with E-state index in [4.69, 9.17) is 4.74 Å². The molecule has 2 nitrogen and oxygen atoms in total. The summed E-state index contributed by atoms with van der Waals surface area (Å²) < 4.78 is 47.2. The van der Waals surface area contributed by atoms with E-state index in [1.165, 1.54) is 61.9 Å². The lowest BCUT2D eigenvalue weighted by molar-refractivity contribution is 0.0724. The van der Waals surface area contributed by atoms with E-state index in [2.05, 4.69) is 13.0 Å². The fraction of sp³-hybridized carbons (Fsp3) is 0.370. The highest BCUT2D eigenvalue weighted by Crippen LogP contribution is 2.31. The lowest BCUT2D eigenvalue weighted by Crippen LogP contribution is -2.14. The van der Waals surface area contributed by atoms with E-state index in [1.807, 2.05) is 12.2 Å². The van der Waals surface area contributed by atoms with Crippen LogP contribution in [0, 0.1) is 17.5 Å². The van der Waals surface area contributed by atoms with E-state index in [9.17, 15) is 18.0 Å². The molecule has 0 aromatic heterocycles. The van der Waals surface area contributed by atoms with Crippen LogP contribution in [0.2, 0.25) is 0 Å². The molecule has 1 aliphatic rings. The number of rotatable bonds is 10. The summed E-state index contributed by atoms with van der Waals surface area (Å²) in [4.78, 5) is 12.2. The first-order valence-electron chi connectivity index (χ1n) is 11.3. The summed E-state index contributed by atoms with van der Waals surface area (Å²) in [5.74, 6) is -3.73. The summed E-state index contributed by atoms with van der Waals surface area (Å²) >= 11 is 0. The normalized spacial score (nSPS) is 15.5. The van der Waals surface area contributed by atoms with E-state index in [1.54, 1.807) is 0 Å². The minimum absolute atomic E-state index is 0.0116. The number of allylic oxidation sites excluding steroid dienone is 4. The quantitative estimate of drug-likeness (QED) is 0.211. The van der Waals surface area contributed by atoms with Gasteiger partial charge in [0.25, 0.3) is 0 Å². The highest BCUT2D eigenvalue weighted by molar-refractivity contribution is 5.91. The van der Waals surface area contributed by atoms with Gasteiger partial charge < -0.3 is 4.74 Å². The zero-order chi connectivity index (χ0) is 22.9. The molecule has 2 aromatic rings. The predicted molar refractivity (Wildman–Crippen MR) is 120 cm³/mol. The number of ether oxygens (including phenoxy) is 1. The van der Waals surface area contributed by atoms with E-state index in [-0.39, 0.29) is 11.7 Å². The maximum atomic E-state index is 14.6. The van der Waals surface area contributed by atoms with Crippen LogP contribution >= 0.6 is 0 Å². The molecule has 0 amide bonds. The van der Waals surface area contributed by atoms with Gasteiger partial charge in [-0.2, -0.15) is 0 Å². The summed E-state index contributed by atoms with van der Waals surface area (Å²) in [7, 11) is 0. The molecule has 0 spiro atoms. The zero-order valence-corrected chi connectivity index (χ0v) is 18.4. The first-order chi connectivity index (χ1) is 15.5. The van der Waals surface area contributed by atoms with Gasteiger partial charge in [-0.15, -0.1) is 0 Å². The number of unbranched alkanes of at least 4 members (excludes halogenated alkanes) is 5. The number of benzene rings is 2. The third kappa shape index (κ3) is 6.59. The number of halogens is 3. The molecule has 1 atom stereocenters. The number of hydrogen-bond donors (Lipinski definition) is 0. The van der Waals surface area contributed by atoms with Crippen molar-refractivity contribution in [2.45, 2.75) is 64.2 Å². The smallest absolute Gasteiger partial charge is 0.349 e. The van der Waals surface area contributed by atoms with Crippen molar-refractivity contribution in [1.29, 1.82) is 0 Å². The third-order valence-corrected chi connectivity index (χ3v) is 5.72. The van der Waals surface area contributed by atoms with Gasteiger partial charge in [0.05, 0.1) is 0 Å². The molecule has 0 saturated carbocycles. The molecule has 0 bridgehead atoms. The molecule has 0 saturated heterocycles. The Balaban J connectivity index is 1.58. The molecule has 170 valence electrons. The van der Waals surface area contributed by atoms with Crippen LogP contribution < -0.4 is 4.74 Å². The molecular formula is C27H29F3O2. The van der Waals surface area contributed by atoms with Crippen LogP contribution in [0.3, 0.4) is 0 Å². The summed E-state index contributed by atoms with van der Waals surface area (Å²) in [6.07, 6.45) is 15.3. The van der Waals surface area contributed by atoms with Gasteiger partial charge in [0.15, 0.2) is 0 Å². The summed E-state index contributed by atoms with van der Waals surface area (Å²) in [5.41, 5.74) is 0.985. The lowest BCUT2D eigenvalue weighted by atomic mass is 9.88. The molecule has 0 heterocycles. The molecule has 32 heavy (non-hydrogen) atoms. The Morgan fingerprint density at radius 3 is 2.25 bits per heavy atom. The monoisotopic (exact) mass is 442 g/mol. The summed E-state index contributed by atoms with van der Waals surface area (Å²) in [5, 5.41) is 0. The molecule has 0 N–H and O–H groups in total. The van der Waals surface area contributed by atoms with Crippen LogP contribution in [0.4, 0.5) is 13.2 Å². The fourth-order valence-electron chi connectivity index (χ4n) is 3.87. The van der Waals surface area contributed by atoms with Crippen LogP contribution in [0.5, 0.6) is 5.75 Å². The average molecular weight is 443 g/mol. The van der Waals surface area contributed by atoms with Crippen molar-refractivity contribution in [2.24, 2.45) is 0 Å². The number of carbonyl (C=O) groups excluding carboxylic acids is 1. The second-order valence-corrected chi connectivity index (χ2v) is 8.20. The molecule has 0 radical (unpaired) electrons. The second kappa shape index (κ2) is 11.7. The van der Waals surface area contributed by atoms with Crippen molar-refractivity contribution in [2.75, 3.05) is 0 Å². The van der Waals surface area contributed by atoms with Crippen LogP contribution in [0.15, 0.2) is 60.2 Å². The standard InChI is InChI=1S/C27H29F3O2/c1-2-3-4-5-6-7-8-19-9-11-20(12-10-19)21-17-24(29)26(25(30)18-21)27(31)32-23-15-13-22(28)14-16-23/h9-11,13-18,20H,2-8,12H2,1H3. The molecule has 3 rings (SSSR count). The minimum Gasteiger partial charge on any atom is -0.423 e. The van der Waals surface area contributed by atoms with E-state index in [0.717, 1.165) is 25.0 Å². The van der Waals surface area contributed by atoms with Crippen molar-refractivity contribution < 1.29 is 22.7 Å². The topological polar surface area (TPSA) is 26.3 Å². The van der Waals surface area contributed by atoms with Gasteiger partial charge in [0.1, 0.15) is 28.8 Å². The Labute approximate surface area is 187 Å². The first kappa shape index (κ1) is 23.8. The predicted octanol–water partition coefficient (Wildman–Crippen LogP) is 8.04. The van der Waals surface area contributed by atoms with Crippen molar-refractivity contribution in [3.63, 3.8) is 0 Å². The van der Waals surface area contributed by atoms with Crippen LogP contribution in [0.1, 0.15) is 80.1 Å². The number of hydrogen-bond acceptors (Lipinski definition) is 2. The third-order valence-electron chi connectivity index (χ3n) is 5.72. The maximum Gasteiger partial charge on any atom is 0.349 e. The molecule has 0 aliphatic heterocycles. The van der Waals surface area contributed by atoms with Crippen LogP contribution in [0.25, 0.3) is 0 Å². The zero-order valence-electron chi connectivity index (χ0n) is 18.4. The molecule has 1 aliphatic carbocycles. The van der Waals surface area contributed by atoms with Crippen molar-refractivity contribution in [1.82, 2.24) is 0 Å². The van der Waals surface area contributed by atoms with Gasteiger partial charge in [-0.3, -0.25) is 0 Å². The van der Waals surface area contributed by atoms with E-state index in [0.29, 0.717) is 12.0 Å². The molecular weight excluding hydrogens is 413 g/mol. The van der Waals surface area contributed by atoms with Crippen molar-refractivity contribution >= 4 is 5.97 Å². The van der Waals surface area contributed by atoms with E-state index >= 15 is 0 Å². The average Bonchev–Trinajstić information content (AvgIpc) is 2.77. The van der Waals surface area contributed by atoms with Gasteiger partial charge in [-0.1, -0.05) is 62.8 Å². The Kier molecular flexibility index (Phi) is 8.72. The second-order valence-electron chi connectivity index (χ2n) is 8.20. The molecule has 2 aromatic carbocycles. The summed E-state index contributed by atoms with van der Waals surface area (Å²) in [6, 6.07) is 7.01. The van der Waals surface area contributed by atoms with Crippen LogP contribution in [-0.4, -0.2) is 5.97 Å². The van der Waals surface area contributed by atoms with Gasteiger partial charge >= 0.3 is 5.97 Å². The molecule has 1 unspecified atom stereocenters. The first-order valence-corrected chi connectivity index (χ1v) is 11.3. The lowest BCUT2D eigenvalue weighted by Gasteiger charge is -2.18. The van der Waals surface area contributed by atoms with E-state index < -0.39 is 29.0 Å².